The molecule has 0 unspecified atom stereocenters. The van der Waals surface area contributed by atoms with Crippen molar-refractivity contribution in [2.24, 2.45) is 0 Å². The monoisotopic (exact) mass is 607 g/mol. The van der Waals surface area contributed by atoms with Gasteiger partial charge in [-0.15, -0.1) is 0 Å². The zero-order chi connectivity index (χ0) is 31.5. The van der Waals surface area contributed by atoms with Crippen molar-refractivity contribution in [2.75, 3.05) is 11.4 Å². The molecule has 0 N–H and O–H groups in total. The summed E-state index contributed by atoms with van der Waals surface area (Å²) in [5, 5.41) is 0. The van der Waals surface area contributed by atoms with Gasteiger partial charge in [0, 0.05) is 18.2 Å². The number of benzene rings is 5. The summed E-state index contributed by atoms with van der Waals surface area (Å²) in [6.45, 7) is 2.40. The van der Waals surface area contributed by atoms with Crippen LogP contribution in [0.1, 0.15) is 41.3 Å². The zero-order valence-electron chi connectivity index (χ0n) is 25.6. The molecule has 228 valence electrons. The first-order valence-corrected chi connectivity index (χ1v) is 15.6. The molecule has 6 heteroatoms. The maximum atomic E-state index is 15.3. The number of halogens is 1. The summed E-state index contributed by atoms with van der Waals surface area (Å²) in [4.78, 5) is 18.6. The SMILES string of the molecule is CC[C@H]1CN(c2ccc(-c3ccc(Cc4cn(C(c5ccccc5)(c5ccccc5)c5ccccc5)cn4)cc3)c(F)c2)C(=O)O1. The second kappa shape index (κ2) is 12.5. The van der Waals surface area contributed by atoms with Gasteiger partial charge in [-0.1, -0.05) is 122 Å². The summed E-state index contributed by atoms with van der Waals surface area (Å²) >= 11 is 0. The highest BCUT2D eigenvalue weighted by Crippen LogP contribution is 2.41. The third-order valence-electron chi connectivity index (χ3n) is 8.84. The van der Waals surface area contributed by atoms with Gasteiger partial charge in [0.05, 0.1) is 24.3 Å². The summed E-state index contributed by atoms with van der Waals surface area (Å²) in [6.07, 6.45) is 4.81. The summed E-state index contributed by atoms with van der Waals surface area (Å²) in [6, 6.07) is 44.4. The Balaban J connectivity index is 1.17. The summed E-state index contributed by atoms with van der Waals surface area (Å²) in [7, 11) is 0. The van der Waals surface area contributed by atoms with Crippen molar-refractivity contribution < 1.29 is 13.9 Å². The minimum absolute atomic E-state index is 0.166. The van der Waals surface area contributed by atoms with E-state index in [0.29, 0.717) is 24.2 Å². The van der Waals surface area contributed by atoms with Gasteiger partial charge in [-0.2, -0.15) is 0 Å². The number of anilines is 1. The molecule has 1 fully saturated rings. The Bertz CT molecular complexity index is 1840. The van der Waals surface area contributed by atoms with Crippen LogP contribution in [0, 0.1) is 5.82 Å². The lowest BCUT2D eigenvalue weighted by Gasteiger charge is -2.37. The molecule has 1 aliphatic heterocycles. The number of rotatable bonds is 9. The Morgan fingerprint density at radius 2 is 1.39 bits per heavy atom. The molecule has 0 aliphatic carbocycles. The lowest BCUT2D eigenvalue weighted by atomic mass is 9.77. The predicted octanol–water partition coefficient (Wildman–Crippen LogP) is 8.86. The largest absolute Gasteiger partial charge is 0.444 e. The van der Waals surface area contributed by atoms with Crippen LogP contribution in [0.3, 0.4) is 0 Å². The number of nitrogens with zero attached hydrogens (tertiary/aromatic N) is 3. The first kappa shape index (κ1) is 29.2. The van der Waals surface area contributed by atoms with E-state index in [4.69, 9.17) is 9.72 Å². The molecule has 0 saturated carbocycles. The van der Waals surface area contributed by atoms with Crippen LogP contribution in [0.2, 0.25) is 0 Å². The van der Waals surface area contributed by atoms with Gasteiger partial charge in [0.25, 0.3) is 0 Å². The molecule has 1 aliphatic rings. The van der Waals surface area contributed by atoms with Gasteiger partial charge >= 0.3 is 6.09 Å². The molecule has 1 amide bonds. The van der Waals surface area contributed by atoms with Gasteiger partial charge in [0.1, 0.15) is 17.5 Å². The van der Waals surface area contributed by atoms with E-state index in [9.17, 15) is 4.79 Å². The average Bonchev–Trinajstić information content (AvgIpc) is 3.73. The van der Waals surface area contributed by atoms with Crippen molar-refractivity contribution in [3.05, 3.63) is 180 Å². The average molecular weight is 608 g/mol. The Hall–Kier alpha value is -5.49. The van der Waals surface area contributed by atoms with Crippen LogP contribution in [-0.4, -0.2) is 28.3 Å². The maximum absolute atomic E-state index is 15.3. The van der Waals surface area contributed by atoms with Crippen molar-refractivity contribution >= 4 is 11.8 Å². The van der Waals surface area contributed by atoms with Crippen LogP contribution in [0.25, 0.3) is 11.1 Å². The number of hydrogen-bond donors (Lipinski definition) is 0. The van der Waals surface area contributed by atoms with Crippen LogP contribution >= 0.6 is 0 Å². The van der Waals surface area contributed by atoms with Crippen LogP contribution in [-0.2, 0) is 16.7 Å². The topological polar surface area (TPSA) is 47.4 Å². The number of aromatic nitrogens is 2. The predicted molar refractivity (Wildman–Crippen MR) is 179 cm³/mol. The lowest BCUT2D eigenvalue weighted by Crippen LogP contribution is -2.36. The Labute approximate surface area is 268 Å². The minimum atomic E-state index is -0.619. The van der Waals surface area contributed by atoms with Crippen molar-refractivity contribution in [2.45, 2.75) is 31.4 Å². The van der Waals surface area contributed by atoms with E-state index >= 15 is 4.39 Å². The highest BCUT2D eigenvalue weighted by Gasteiger charge is 2.38. The maximum Gasteiger partial charge on any atom is 0.414 e. The molecule has 7 rings (SSSR count). The fraction of sp³-hybridized carbons (Fsp3) is 0.150. The number of imidazole rings is 1. The molecule has 0 radical (unpaired) electrons. The molecular formula is C40H34FN3O2. The van der Waals surface area contributed by atoms with Crippen molar-refractivity contribution in [1.29, 1.82) is 0 Å². The van der Waals surface area contributed by atoms with Gasteiger partial charge in [-0.25, -0.2) is 14.2 Å². The van der Waals surface area contributed by atoms with E-state index in [2.05, 4.69) is 83.6 Å². The summed E-state index contributed by atoms with van der Waals surface area (Å²) in [5.41, 5.74) is 6.56. The second-order valence-electron chi connectivity index (χ2n) is 11.6. The number of hydrogen-bond acceptors (Lipinski definition) is 3. The van der Waals surface area contributed by atoms with E-state index in [-0.39, 0.29) is 11.9 Å². The van der Waals surface area contributed by atoms with Gasteiger partial charge in [-0.05, 0) is 52.4 Å². The highest BCUT2D eigenvalue weighted by atomic mass is 19.1. The second-order valence-corrected chi connectivity index (χ2v) is 11.6. The van der Waals surface area contributed by atoms with Gasteiger partial charge in [-0.3, -0.25) is 4.90 Å². The molecule has 1 saturated heterocycles. The van der Waals surface area contributed by atoms with Crippen molar-refractivity contribution in [3.8, 4) is 11.1 Å². The van der Waals surface area contributed by atoms with E-state index < -0.39 is 11.6 Å². The molecule has 46 heavy (non-hydrogen) atoms. The van der Waals surface area contributed by atoms with Crippen LogP contribution in [0.5, 0.6) is 0 Å². The fourth-order valence-corrected chi connectivity index (χ4v) is 6.49. The van der Waals surface area contributed by atoms with E-state index in [1.54, 1.807) is 12.1 Å². The molecule has 2 heterocycles. The Morgan fingerprint density at radius 1 is 0.804 bits per heavy atom. The summed E-state index contributed by atoms with van der Waals surface area (Å²) in [5.74, 6) is -0.379. The highest BCUT2D eigenvalue weighted by molar-refractivity contribution is 5.90. The first-order chi connectivity index (χ1) is 22.6. The standard InChI is InChI=1S/C40H34FN3O2/c1-2-36-27-44(39(45)46-36)35-22-23-37(38(41)25-35)30-20-18-29(19-21-30)24-34-26-43(28-42-34)40(31-12-6-3-7-13-31,32-14-8-4-9-15-32)33-16-10-5-11-17-33/h3-23,25-26,28,36H,2,24,27H2,1H3/t36-/m0/s1. The molecule has 6 aromatic rings. The number of carbonyl (C=O) groups excluding carboxylic acids is 1. The normalized spacial score (nSPS) is 14.8. The van der Waals surface area contributed by atoms with Gasteiger partial charge in [0.2, 0.25) is 0 Å². The third kappa shape index (κ3) is 5.36. The quantitative estimate of drug-likeness (QED) is 0.154. The van der Waals surface area contributed by atoms with E-state index in [1.165, 1.54) is 11.0 Å². The number of cyclic esters (lactones) is 1. The van der Waals surface area contributed by atoms with Gasteiger partial charge in [0.15, 0.2) is 0 Å². The number of ether oxygens (including phenoxy) is 1. The number of amides is 1. The van der Waals surface area contributed by atoms with Crippen molar-refractivity contribution in [3.63, 3.8) is 0 Å². The van der Waals surface area contributed by atoms with Crippen LogP contribution < -0.4 is 4.90 Å². The minimum Gasteiger partial charge on any atom is -0.444 e. The van der Waals surface area contributed by atoms with E-state index in [1.807, 2.05) is 55.7 Å². The third-order valence-corrected chi connectivity index (χ3v) is 8.84. The molecule has 5 nitrogen and oxygen atoms in total. The van der Waals surface area contributed by atoms with Crippen LogP contribution in [0.4, 0.5) is 14.9 Å². The number of carbonyl (C=O) groups is 1. The Morgan fingerprint density at radius 3 is 1.91 bits per heavy atom. The Kier molecular flexibility index (Phi) is 7.93. The lowest BCUT2D eigenvalue weighted by molar-refractivity contribution is 0.139. The zero-order valence-corrected chi connectivity index (χ0v) is 25.6. The fourth-order valence-electron chi connectivity index (χ4n) is 6.49. The summed E-state index contributed by atoms with van der Waals surface area (Å²) < 4.78 is 22.8. The molecule has 1 aromatic heterocycles. The molecule has 1 atom stereocenters. The molecule has 0 bridgehead atoms. The van der Waals surface area contributed by atoms with Crippen molar-refractivity contribution in [1.82, 2.24) is 9.55 Å². The van der Waals surface area contributed by atoms with Crippen LogP contribution in [0.15, 0.2) is 146 Å². The van der Waals surface area contributed by atoms with Gasteiger partial charge < -0.3 is 9.30 Å². The molecule has 5 aromatic carbocycles. The first-order valence-electron chi connectivity index (χ1n) is 15.6. The molecular weight excluding hydrogens is 573 g/mol. The van der Waals surface area contributed by atoms with E-state index in [0.717, 1.165) is 39.9 Å². The molecule has 0 spiro atoms. The smallest absolute Gasteiger partial charge is 0.414 e.